The molecular formula is C18H18ClN3O4. The Morgan fingerprint density at radius 3 is 2.42 bits per heavy atom. The highest BCUT2D eigenvalue weighted by Crippen LogP contribution is 2.36. The second-order valence-electron chi connectivity index (χ2n) is 5.43. The van der Waals surface area contributed by atoms with Crippen LogP contribution in [-0.2, 0) is 0 Å². The molecule has 1 aliphatic rings. The summed E-state index contributed by atoms with van der Waals surface area (Å²) in [4.78, 5) is 8.66. The Bertz CT molecular complexity index is 936. The van der Waals surface area contributed by atoms with Crippen molar-refractivity contribution in [1.29, 1.82) is 0 Å². The van der Waals surface area contributed by atoms with E-state index in [1.807, 2.05) is 30.3 Å². The van der Waals surface area contributed by atoms with E-state index < -0.39 is 0 Å². The van der Waals surface area contributed by atoms with Gasteiger partial charge in [0.05, 0.1) is 19.7 Å². The number of rotatable bonds is 4. The zero-order valence-corrected chi connectivity index (χ0v) is 15.1. The Morgan fingerprint density at radius 2 is 1.65 bits per heavy atom. The topological polar surface area (TPSA) is 74.7 Å². The maximum atomic E-state index is 5.62. The first-order valence-electron chi connectivity index (χ1n) is 7.82. The van der Waals surface area contributed by atoms with Gasteiger partial charge < -0.3 is 24.3 Å². The first-order valence-corrected chi connectivity index (χ1v) is 7.82. The summed E-state index contributed by atoms with van der Waals surface area (Å²) in [7, 11) is 3.20. The molecule has 7 nitrogen and oxygen atoms in total. The van der Waals surface area contributed by atoms with E-state index in [9.17, 15) is 0 Å². The van der Waals surface area contributed by atoms with Crippen molar-refractivity contribution >= 4 is 34.8 Å². The quantitative estimate of drug-likeness (QED) is 0.746. The number of halogens is 1. The van der Waals surface area contributed by atoms with Crippen LogP contribution in [0.2, 0.25) is 0 Å². The van der Waals surface area contributed by atoms with Crippen molar-refractivity contribution in [2.75, 3.05) is 32.8 Å². The summed E-state index contributed by atoms with van der Waals surface area (Å²) < 4.78 is 21.9. The Hall–Kier alpha value is -2.93. The Morgan fingerprint density at radius 1 is 0.923 bits per heavy atom. The molecule has 0 saturated heterocycles. The summed E-state index contributed by atoms with van der Waals surface area (Å²) >= 11 is 0. The molecule has 1 aromatic heterocycles. The standard InChI is InChI=1S/C18H17N3O4.ClH/c1-22-15-8-12-13(9-16(15)23-2)19-10-20-18(12)21-11-3-4-14-17(7-11)25-6-5-24-14;/h3-4,7-10H,5-6H2,1-2H3,(H,19,20,21);1H. The first kappa shape index (κ1) is 17.9. The Kier molecular flexibility index (Phi) is 5.18. The number of ether oxygens (including phenoxy) is 4. The van der Waals surface area contributed by atoms with E-state index in [-0.39, 0.29) is 12.4 Å². The molecule has 0 spiro atoms. The third kappa shape index (κ3) is 3.25. The molecule has 3 aromatic rings. The minimum absolute atomic E-state index is 0. The lowest BCUT2D eigenvalue weighted by molar-refractivity contribution is 0.171. The summed E-state index contributed by atoms with van der Waals surface area (Å²) in [5.74, 6) is 3.38. The maximum absolute atomic E-state index is 5.62. The SMILES string of the molecule is COc1cc2ncnc(Nc3ccc4c(c3)OCCO4)c2cc1OC.Cl. The van der Waals surface area contributed by atoms with E-state index in [2.05, 4.69) is 15.3 Å². The van der Waals surface area contributed by atoms with Crippen LogP contribution in [0.15, 0.2) is 36.7 Å². The molecule has 0 atom stereocenters. The Balaban J connectivity index is 0.00000196. The van der Waals surface area contributed by atoms with Crippen LogP contribution in [0, 0.1) is 0 Å². The van der Waals surface area contributed by atoms with Gasteiger partial charge in [0.1, 0.15) is 25.4 Å². The van der Waals surface area contributed by atoms with Crippen LogP contribution in [0.25, 0.3) is 10.9 Å². The predicted molar refractivity (Wildman–Crippen MR) is 101 cm³/mol. The summed E-state index contributed by atoms with van der Waals surface area (Å²) in [6, 6.07) is 9.37. The smallest absolute Gasteiger partial charge is 0.163 e. The predicted octanol–water partition coefficient (Wildman–Crippen LogP) is 3.58. The Labute approximate surface area is 156 Å². The molecule has 0 bridgehead atoms. The van der Waals surface area contributed by atoms with Gasteiger partial charge in [-0.25, -0.2) is 9.97 Å². The summed E-state index contributed by atoms with van der Waals surface area (Å²) in [6.07, 6.45) is 1.51. The number of hydrogen-bond donors (Lipinski definition) is 1. The number of methoxy groups -OCH3 is 2. The minimum Gasteiger partial charge on any atom is -0.493 e. The van der Waals surface area contributed by atoms with E-state index in [4.69, 9.17) is 18.9 Å². The lowest BCUT2D eigenvalue weighted by Gasteiger charge is -2.19. The zero-order chi connectivity index (χ0) is 17.2. The minimum atomic E-state index is 0. The van der Waals surface area contributed by atoms with E-state index >= 15 is 0 Å². The van der Waals surface area contributed by atoms with E-state index in [0.717, 1.165) is 22.3 Å². The van der Waals surface area contributed by atoms with Gasteiger partial charge in [-0.2, -0.15) is 0 Å². The molecule has 2 heterocycles. The molecular weight excluding hydrogens is 358 g/mol. The largest absolute Gasteiger partial charge is 0.493 e. The zero-order valence-electron chi connectivity index (χ0n) is 14.3. The van der Waals surface area contributed by atoms with Gasteiger partial charge >= 0.3 is 0 Å². The van der Waals surface area contributed by atoms with Gasteiger partial charge in [-0.3, -0.25) is 0 Å². The lowest BCUT2D eigenvalue weighted by Crippen LogP contribution is -2.15. The molecule has 1 N–H and O–H groups in total. The third-order valence-corrected chi connectivity index (χ3v) is 3.95. The third-order valence-electron chi connectivity index (χ3n) is 3.95. The number of benzene rings is 2. The van der Waals surface area contributed by atoms with Crippen LogP contribution >= 0.6 is 12.4 Å². The molecule has 0 unspecified atom stereocenters. The number of fused-ring (bicyclic) bond motifs is 2. The van der Waals surface area contributed by atoms with Gasteiger partial charge in [0, 0.05) is 23.2 Å². The highest BCUT2D eigenvalue weighted by molar-refractivity contribution is 5.93. The summed E-state index contributed by atoms with van der Waals surface area (Å²) in [6.45, 7) is 1.11. The fourth-order valence-electron chi connectivity index (χ4n) is 2.74. The fraction of sp³-hybridized carbons (Fsp3) is 0.222. The van der Waals surface area contributed by atoms with E-state index in [0.29, 0.717) is 36.3 Å². The number of hydrogen-bond acceptors (Lipinski definition) is 7. The van der Waals surface area contributed by atoms with E-state index in [1.54, 1.807) is 14.2 Å². The van der Waals surface area contributed by atoms with Gasteiger partial charge in [0.15, 0.2) is 23.0 Å². The molecule has 26 heavy (non-hydrogen) atoms. The number of nitrogens with zero attached hydrogens (tertiary/aromatic N) is 2. The molecule has 0 saturated carbocycles. The molecule has 2 aromatic carbocycles. The molecule has 0 aliphatic carbocycles. The maximum Gasteiger partial charge on any atom is 0.163 e. The molecule has 136 valence electrons. The van der Waals surface area contributed by atoms with Gasteiger partial charge in [-0.1, -0.05) is 0 Å². The van der Waals surface area contributed by atoms with Gasteiger partial charge in [0.25, 0.3) is 0 Å². The molecule has 1 aliphatic heterocycles. The van der Waals surface area contributed by atoms with Crippen LogP contribution in [0.4, 0.5) is 11.5 Å². The average molecular weight is 376 g/mol. The van der Waals surface area contributed by atoms with Crippen LogP contribution in [0.1, 0.15) is 0 Å². The van der Waals surface area contributed by atoms with Crippen molar-refractivity contribution < 1.29 is 18.9 Å². The number of nitrogens with one attached hydrogen (secondary N) is 1. The van der Waals surface area contributed by atoms with Crippen LogP contribution in [-0.4, -0.2) is 37.4 Å². The van der Waals surface area contributed by atoms with Gasteiger partial charge in [-0.15, -0.1) is 12.4 Å². The normalized spacial score (nSPS) is 12.2. The number of aromatic nitrogens is 2. The molecule has 0 radical (unpaired) electrons. The molecule has 4 rings (SSSR count). The van der Waals surface area contributed by atoms with Gasteiger partial charge in [-0.05, 0) is 18.2 Å². The fourth-order valence-corrected chi connectivity index (χ4v) is 2.74. The van der Waals surface area contributed by atoms with Crippen molar-refractivity contribution in [2.24, 2.45) is 0 Å². The average Bonchev–Trinajstić information content (AvgIpc) is 2.67. The van der Waals surface area contributed by atoms with Crippen molar-refractivity contribution in [3.63, 3.8) is 0 Å². The lowest BCUT2D eigenvalue weighted by atomic mass is 10.2. The summed E-state index contributed by atoms with van der Waals surface area (Å²) in [5, 5.41) is 4.13. The second kappa shape index (κ2) is 7.53. The van der Waals surface area contributed by atoms with Crippen LogP contribution in [0.3, 0.4) is 0 Å². The van der Waals surface area contributed by atoms with Crippen molar-refractivity contribution in [1.82, 2.24) is 9.97 Å². The van der Waals surface area contributed by atoms with Crippen LogP contribution in [0.5, 0.6) is 23.0 Å². The van der Waals surface area contributed by atoms with Crippen molar-refractivity contribution in [3.05, 3.63) is 36.7 Å². The monoisotopic (exact) mass is 375 g/mol. The van der Waals surface area contributed by atoms with Crippen LogP contribution < -0.4 is 24.3 Å². The second-order valence-corrected chi connectivity index (χ2v) is 5.43. The van der Waals surface area contributed by atoms with Gasteiger partial charge in [0.2, 0.25) is 0 Å². The first-order chi connectivity index (χ1) is 12.3. The van der Waals surface area contributed by atoms with Crippen molar-refractivity contribution in [3.8, 4) is 23.0 Å². The molecule has 8 heteroatoms. The molecule has 0 fully saturated rings. The highest BCUT2D eigenvalue weighted by atomic mass is 35.5. The highest BCUT2D eigenvalue weighted by Gasteiger charge is 2.14. The summed E-state index contributed by atoms with van der Waals surface area (Å²) in [5.41, 5.74) is 1.60. The molecule has 0 amide bonds. The number of anilines is 2. The van der Waals surface area contributed by atoms with Crippen molar-refractivity contribution in [2.45, 2.75) is 0 Å². The van der Waals surface area contributed by atoms with E-state index in [1.165, 1.54) is 6.33 Å².